The second-order valence-electron chi connectivity index (χ2n) is 18.6. The summed E-state index contributed by atoms with van der Waals surface area (Å²) >= 11 is 0. The van der Waals surface area contributed by atoms with Crippen LogP contribution >= 0.6 is 0 Å². The van der Waals surface area contributed by atoms with Crippen molar-refractivity contribution in [3.8, 4) is 17.0 Å². The third-order valence-corrected chi connectivity index (χ3v) is 13.4. The first-order valence-electron chi connectivity index (χ1n) is 23.0. The van der Waals surface area contributed by atoms with Crippen molar-refractivity contribution < 1.29 is 27.8 Å². The first-order valence-corrected chi connectivity index (χ1v) is 23.0. The molecule has 0 spiro atoms. The van der Waals surface area contributed by atoms with E-state index in [1.165, 1.54) is 0 Å². The number of ether oxygens (including phenoxy) is 3. The van der Waals surface area contributed by atoms with E-state index in [0.717, 1.165) is 75.3 Å². The second-order valence-corrected chi connectivity index (χ2v) is 18.6. The van der Waals surface area contributed by atoms with Crippen LogP contribution in [-0.4, -0.2) is 111 Å². The lowest BCUT2D eigenvalue weighted by Crippen LogP contribution is -2.49. The Morgan fingerprint density at radius 2 is 1.71 bits per heavy atom. The molecule has 0 bridgehead atoms. The van der Waals surface area contributed by atoms with Gasteiger partial charge < -0.3 is 44.7 Å². The number of nitrogens with two attached hydrogens (primary N) is 1. The van der Waals surface area contributed by atoms with E-state index in [9.17, 15) is 9.18 Å². The van der Waals surface area contributed by atoms with Crippen LogP contribution in [-0.2, 0) is 14.3 Å². The minimum Gasteiger partial charge on any atom is -0.490 e. The topological polar surface area (TPSA) is 164 Å². The first-order chi connectivity index (χ1) is 31.4. The van der Waals surface area contributed by atoms with Gasteiger partial charge in [0.15, 0.2) is 0 Å². The van der Waals surface area contributed by atoms with E-state index in [4.69, 9.17) is 29.9 Å². The van der Waals surface area contributed by atoms with E-state index in [-0.39, 0.29) is 49.5 Å². The number of anilines is 1. The Labute approximate surface area is 379 Å². The lowest BCUT2D eigenvalue weighted by Gasteiger charge is -2.34. The summed E-state index contributed by atoms with van der Waals surface area (Å²) < 4.78 is 50.4. The number of halogens is 2. The number of rotatable bonds is 13. The Kier molecular flexibility index (Phi) is 13.1. The molecule has 14 nitrogen and oxygen atoms in total. The predicted octanol–water partition coefficient (Wildman–Crippen LogP) is 7.59. The largest absolute Gasteiger partial charge is 0.490 e. The van der Waals surface area contributed by atoms with Crippen molar-refractivity contribution in [2.45, 2.75) is 96.1 Å². The van der Waals surface area contributed by atoms with Crippen LogP contribution in [0.3, 0.4) is 0 Å². The molecule has 1 aliphatic carbocycles. The number of hydrogen-bond donors (Lipinski definition) is 5. The molecule has 0 radical (unpaired) electrons. The smallest absolute Gasteiger partial charge is 0.240 e. The molecule has 7 unspecified atom stereocenters. The van der Waals surface area contributed by atoms with Gasteiger partial charge in [-0.25, -0.2) is 18.7 Å². The number of nitrogens with zero attached hydrogens (tertiary/aromatic N) is 5. The quantitative estimate of drug-likeness (QED) is 0.0846. The lowest BCUT2D eigenvalue weighted by molar-refractivity contribution is -0.136. The number of hydrogen-bond acceptors (Lipinski definition) is 10. The van der Waals surface area contributed by atoms with E-state index in [1.54, 1.807) is 18.2 Å². The van der Waals surface area contributed by atoms with Crippen LogP contribution in [0, 0.1) is 11.8 Å². The third-order valence-electron chi connectivity index (χ3n) is 13.4. The number of methoxy groups -OCH3 is 1. The van der Waals surface area contributed by atoms with Crippen LogP contribution < -0.4 is 21.1 Å². The second kappa shape index (κ2) is 19.1. The average molecular weight is 893 g/mol. The SMILES string of the molecule is COCNC(C(=O)N1CC(F)CC1c1ncc(-c2cccc3n(ccc2)C(c2ccc4c(c2)OCCN4)OC2=C3CCC(c3cnc(C4CC(F)CN4CC(N)C(C)C)[nH]3)=C2)[nH]1)C(C)C. The fraction of sp³-hybridized carbons (Fsp3) is 0.490. The van der Waals surface area contributed by atoms with Crippen molar-refractivity contribution in [1.82, 2.24) is 39.6 Å². The molecular formula is C49H62F2N10O4. The third kappa shape index (κ3) is 9.31. The van der Waals surface area contributed by atoms with Gasteiger partial charge in [0.05, 0.1) is 66.6 Å². The molecule has 0 saturated carbocycles. The van der Waals surface area contributed by atoms with Crippen LogP contribution in [0.2, 0.25) is 0 Å². The minimum absolute atomic E-state index is 0.00784. The highest BCUT2D eigenvalue weighted by Gasteiger charge is 2.41. The maximum absolute atomic E-state index is 15.1. The highest BCUT2D eigenvalue weighted by molar-refractivity contribution is 5.83. The zero-order chi connectivity index (χ0) is 45.4. The van der Waals surface area contributed by atoms with E-state index >= 15 is 4.39 Å². The number of fused-ring (bicyclic) bond motifs is 3. The Bertz CT molecular complexity index is 2480. The summed E-state index contributed by atoms with van der Waals surface area (Å²) in [5.41, 5.74) is 13.9. The van der Waals surface area contributed by atoms with E-state index in [1.807, 2.05) is 62.6 Å². The molecule has 2 fully saturated rings. The molecule has 1 amide bonds. The molecule has 7 atom stereocenters. The zero-order valence-corrected chi connectivity index (χ0v) is 37.9. The molecule has 3 aromatic heterocycles. The van der Waals surface area contributed by atoms with Crippen LogP contribution in [0.5, 0.6) is 5.75 Å². The number of alkyl halides is 2. The van der Waals surface area contributed by atoms with Crippen molar-refractivity contribution in [1.29, 1.82) is 0 Å². The average Bonchev–Trinajstić information content (AvgIpc) is 4.13. The maximum Gasteiger partial charge on any atom is 0.240 e. The van der Waals surface area contributed by atoms with Gasteiger partial charge in [0.1, 0.15) is 42.1 Å². The number of benzene rings is 1. The summed E-state index contributed by atoms with van der Waals surface area (Å²) in [6.45, 7) is 10.6. The fourth-order valence-electron chi connectivity index (χ4n) is 9.71. The van der Waals surface area contributed by atoms with Crippen LogP contribution in [0.4, 0.5) is 14.5 Å². The predicted molar refractivity (Wildman–Crippen MR) is 246 cm³/mol. The number of nitrogens with one attached hydrogen (secondary N) is 4. The van der Waals surface area contributed by atoms with Crippen molar-refractivity contribution in [3.63, 3.8) is 0 Å². The highest BCUT2D eigenvalue weighted by Crippen LogP contribution is 2.44. The Balaban J connectivity index is 1.04. The van der Waals surface area contributed by atoms with E-state index < -0.39 is 30.7 Å². The summed E-state index contributed by atoms with van der Waals surface area (Å²) in [6, 6.07) is 15.0. The molecule has 6 N–H and O–H groups in total. The Morgan fingerprint density at radius 3 is 2.51 bits per heavy atom. The molecule has 5 aliphatic rings. The standard InChI is InChI=1S/C49H62F2N10O4/c1-28(2)36(52)26-59-24-33(50)20-41(59)46-54-23-39(58-46)31-11-13-35-40-10-6-8-30(9-7-16-60(40)49(65-43(35)18-31)32-12-14-37-44(19-32)64-17-15-53-37)38-22-55-47(57-38)42-21-34(51)25-61(42)48(62)45(29(3)4)56-27-63-5/h6-10,12,14,16,18-19,22-23,28-29,33-34,36,41-42,45,49,53,56H,11,13,15,17,20-21,24-27,52H2,1-5H3,(H,54,58)(H,55,57). The molecule has 4 aliphatic heterocycles. The molecule has 9 rings (SSSR count). The summed E-state index contributed by atoms with van der Waals surface area (Å²) in [5, 5.41) is 6.58. The van der Waals surface area contributed by atoms with E-state index in [2.05, 4.69) is 62.1 Å². The molecule has 16 heteroatoms. The summed E-state index contributed by atoms with van der Waals surface area (Å²) in [4.78, 5) is 34.0. The minimum atomic E-state index is -1.16. The molecule has 346 valence electrons. The van der Waals surface area contributed by atoms with Gasteiger partial charge in [0, 0.05) is 63.0 Å². The normalized spacial score (nSPS) is 23.8. The number of likely N-dealkylation sites (tertiary alicyclic amines) is 2. The molecule has 65 heavy (non-hydrogen) atoms. The first kappa shape index (κ1) is 44.6. The molecule has 7 heterocycles. The number of carbonyl (C=O) groups excluding carboxylic acids is 1. The molecule has 2 saturated heterocycles. The number of aromatic nitrogens is 5. The lowest BCUT2D eigenvalue weighted by atomic mass is 9.92. The number of imidazole rings is 2. The molecular weight excluding hydrogens is 831 g/mol. The Morgan fingerprint density at radius 1 is 0.954 bits per heavy atom. The summed E-state index contributed by atoms with van der Waals surface area (Å²) in [7, 11) is 1.57. The van der Waals surface area contributed by atoms with Gasteiger partial charge in [-0.15, -0.1) is 0 Å². The van der Waals surface area contributed by atoms with Crippen LogP contribution in [0.25, 0.3) is 22.4 Å². The molecule has 1 aromatic carbocycles. The van der Waals surface area contributed by atoms with Gasteiger partial charge in [-0.3, -0.25) is 15.0 Å². The number of H-pyrrole nitrogens is 2. The number of carbonyl (C=O) groups is 1. The van der Waals surface area contributed by atoms with Gasteiger partial charge in [-0.1, -0.05) is 52.0 Å². The monoisotopic (exact) mass is 892 g/mol. The van der Waals surface area contributed by atoms with Gasteiger partial charge in [-0.05, 0) is 66.2 Å². The fourth-order valence-corrected chi connectivity index (χ4v) is 9.71. The van der Waals surface area contributed by atoms with Crippen molar-refractivity contribution in [2.75, 3.05) is 51.9 Å². The molecule has 4 aromatic rings. The number of aromatic amines is 2. The summed E-state index contributed by atoms with van der Waals surface area (Å²) in [5.74, 6) is 2.94. The van der Waals surface area contributed by atoms with Crippen LogP contribution in [0.15, 0.2) is 79.0 Å². The number of allylic oxidation sites excluding steroid dienone is 3. The number of amides is 1. The van der Waals surface area contributed by atoms with Gasteiger partial charge in [0.25, 0.3) is 0 Å². The zero-order valence-electron chi connectivity index (χ0n) is 37.9. The highest BCUT2D eigenvalue weighted by atomic mass is 19.1. The van der Waals surface area contributed by atoms with Crippen molar-refractivity contribution in [3.05, 3.63) is 108 Å². The van der Waals surface area contributed by atoms with Gasteiger partial charge in [-0.2, -0.15) is 0 Å². The van der Waals surface area contributed by atoms with Crippen molar-refractivity contribution in [2.24, 2.45) is 17.6 Å². The van der Waals surface area contributed by atoms with Crippen molar-refractivity contribution >= 4 is 22.7 Å². The van der Waals surface area contributed by atoms with Gasteiger partial charge >= 0.3 is 0 Å². The van der Waals surface area contributed by atoms with Crippen LogP contribution in [0.1, 0.15) is 100 Å². The van der Waals surface area contributed by atoms with E-state index in [0.29, 0.717) is 38.4 Å². The summed E-state index contributed by atoms with van der Waals surface area (Å²) in [6.07, 6.45) is 7.13. The maximum atomic E-state index is 15.1. The van der Waals surface area contributed by atoms with Gasteiger partial charge in [0.2, 0.25) is 12.1 Å². The Hall–Kier alpha value is -5.55.